The normalized spacial score (nSPS) is 11.1. The topological polar surface area (TPSA) is 93.8 Å². The Morgan fingerprint density at radius 2 is 1.84 bits per heavy atom. The van der Waals surface area contributed by atoms with Gasteiger partial charge in [-0.2, -0.15) is 5.10 Å². The van der Waals surface area contributed by atoms with Gasteiger partial charge in [-0.1, -0.05) is 6.07 Å². The van der Waals surface area contributed by atoms with Gasteiger partial charge in [-0.15, -0.1) is 0 Å². The van der Waals surface area contributed by atoms with Crippen LogP contribution in [0, 0.1) is 17.0 Å². The number of nitro groups is 1. The van der Waals surface area contributed by atoms with Gasteiger partial charge in [0, 0.05) is 17.2 Å². The summed E-state index contributed by atoms with van der Waals surface area (Å²) in [4.78, 5) is 22.6. The second-order valence-electron chi connectivity index (χ2n) is 5.35. The molecule has 130 valence electrons. The third-order valence-corrected chi connectivity index (χ3v) is 3.58. The zero-order valence-electron chi connectivity index (χ0n) is 14.3. The van der Waals surface area contributed by atoms with Crippen molar-refractivity contribution >= 4 is 17.3 Å². The second kappa shape index (κ2) is 8.05. The molecule has 0 saturated heterocycles. The summed E-state index contributed by atoms with van der Waals surface area (Å²) in [6.45, 7) is 5.87. The van der Waals surface area contributed by atoms with Crippen molar-refractivity contribution in [3.05, 3.63) is 69.3 Å². The molecule has 7 heteroatoms. The summed E-state index contributed by atoms with van der Waals surface area (Å²) in [5.41, 5.74) is 4.44. The summed E-state index contributed by atoms with van der Waals surface area (Å²) in [5, 5.41) is 15.0. The Bertz CT molecular complexity index is 814. The van der Waals surface area contributed by atoms with Crippen LogP contribution >= 0.6 is 0 Å². The maximum Gasteiger partial charge on any atom is 0.273 e. The maximum atomic E-state index is 12.1. The van der Waals surface area contributed by atoms with E-state index in [-0.39, 0.29) is 11.3 Å². The lowest BCUT2D eigenvalue weighted by Gasteiger charge is -2.06. The average molecular weight is 341 g/mol. The molecule has 0 aliphatic carbocycles. The highest BCUT2D eigenvalue weighted by Crippen LogP contribution is 2.19. The minimum atomic E-state index is -0.513. The van der Waals surface area contributed by atoms with Crippen molar-refractivity contribution in [1.82, 2.24) is 5.43 Å². The molecule has 1 amide bonds. The van der Waals surface area contributed by atoms with E-state index in [0.29, 0.717) is 17.9 Å². The van der Waals surface area contributed by atoms with Gasteiger partial charge in [0.2, 0.25) is 0 Å². The van der Waals surface area contributed by atoms with Crippen LogP contribution in [0.15, 0.2) is 47.6 Å². The SMILES string of the molecule is CCOc1ccc(/C(C)=N\NC(=O)c2ccc(C)c([N+](=O)[O-])c2)cc1. The zero-order valence-corrected chi connectivity index (χ0v) is 14.3. The van der Waals surface area contributed by atoms with Gasteiger partial charge in [-0.25, -0.2) is 5.43 Å². The minimum Gasteiger partial charge on any atom is -0.494 e. The molecule has 7 nitrogen and oxygen atoms in total. The van der Waals surface area contributed by atoms with E-state index in [1.807, 2.05) is 31.2 Å². The summed E-state index contributed by atoms with van der Waals surface area (Å²) in [6, 6.07) is 11.6. The van der Waals surface area contributed by atoms with Gasteiger partial charge >= 0.3 is 0 Å². The summed E-state index contributed by atoms with van der Waals surface area (Å²) < 4.78 is 5.37. The van der Waals surface area contributed by atoms with Gasteiger partial charge < -0.3 is 4.74 Å². The number of nitro benzene ring substituents is 1. The number of ether oxygens (including phenoxy) is 1. The smallest absolute Gasteiger partial charge is 0.273 e. The van der Waals surface area contributed by atoms with Crippen molar-refractivity contribution in [1.29, 1.82) is 0 Å². The zero-order chi connectivity index (χ0) is 18.4. The monoisotopic (exact) mass is 341 g/mol. The standard InChI is InChI=1S/C18H19N3O4/c1-4-25-16-9-7-14(8-10-16)13(3)19-20-18(22)15-6-5-12(2)17(11-15)21(23)24/h5-11H,4H2,1-3H3,(H,20,22)/b19-13-. The van der Waals surface area contributed by atoms with E-state index >= 15 is 0 Å². The number of amides is 1. The van der Waals surface area contributed by atoms with Crippen LogP contribution in [0.4, 0.5) is 5.69 Å². The first-order chi connectivity index (χ1) is 11.9. The summed E-state index contributed by atoms with van der Waals surface area (Å²) in [6.07, 6.45) is 0. The van der Waals surface area contributed by atoms with Crippen LogP contribution in [0.25, 0.3) is 0 Å². The number of nitrogens with zero attached hydrogens (tertiary/aromatic N) is 2. The van der Waals surface area contributed by atoms with Crippen LogP contribution in [-0.2, 0) is 0 Å². The number of benzene rings is 2. The molecule has 1 N–H and O–H groups in total. The molecule has 0 heterocycles. The Hall–Kier alpha value is -3.22. The summed E-state index contributed by atoms with van der Waals surface area (Å²) >= 11 is 0. The van der Waals surface area contributed by atoms with Crippen molar-refractivity contribution in [3.8, 4) is 5.75 Å². The molecule has 0 saturated carbocycles. The van der Waals surface area contributed by atoms with Crippen LogP contribution in [0.2, 0.25) is 0 Å². The first kappa shape index (κ1) is 18.1. The van der Waals surface area contributed by atoms with E-state index in [0.717, 1.165) is 11.3 Å². The first-order valence-electron chi connectivity index (χ1n) is 7.75. The van der Waals surface area contributed by atoms with Gasteiger partial charge in [0.15, 0.2) is 0 Å². The number of hydrogen-bond acceptors (Lipinski definition) is 5. The quantitative estimate of drug-likeness (QED) is 0.494. The lowest BCUT2D eigenvalue weighted by molar-refractivity contribution is -0.385. The van der Waals surface area contributed by atoms with E-state index in [1.54, 1.807) is 13.8 Å². The van der Waals surface area contributed by atoms with Crippen molar-refractivity contribution in [2.75, 3.05) is 6.61 Å². The molecule has 0 aliphatic rings. The third-order valence-electron chi connectivity index (χ3n) is 3.58. The number of aryl methyl sites for hydroxylation is 1. The molecular formula is C18H19N3O4. The van der Waals surface area contributed by atoms with Gasteiger partial charge in [-0.3, -0.25) is 14.9 Å². The largest absolute Gasteiger partial charge is 0.494 e. The molecule has 0 fully saturated rings. The molecule has 2 rings (SSSR count). The van der Waals surface area contributed by atoms with Crippen LogP contribution in [0.3, 0.4) is 0 Å². The van der Waals surface area contributed by atoms with Gasteiger partial charge in [0.1, 0.15) is 5.75 Å². The number of carbonyl (C=O) groups is 1. The average Bonchev–Trinajstić information content (AvgIpc) is 2.60. The van der Waals surface area contributed by atoms with Crippen molar-refractivity contribution in [3.63, 3.8) is 0 Å². The molecular weight excluding hydrogens is 322 g/mol. The van der Waals surface area contributed by atoms with E-state index in [9.17, 15) is 14.9 Å². The maximum absolute atomic E-state index is 12.1. The number of carbonyl (C=O) groups excluding carboxylic acids is 1. The highest BCUT2D eigenvalue weighted by molar-refractivity contribution is 6.01. The number of hydrazone groups is 1. The van der Waals surface area contributed by atoms with Crippen LogP contribution in [0.5, 0.6) is 5.75 Å². The third kappa shape index (κ3) is 4.63. The van der Waals surface area contributed by atoms with Crippen molar-refractivity contribution < 1.29 is 14.5 Å². The highest BCUT2D eigenvalue weighted by atomic mass is 16.6. The molecule has 0 radical (unpaired) electrons. The fourth-order valence-electron chi connectivity index (χ4n) is 2.17. The molecule has 0 atom stereocenters. The Kier molecular flexibility index (Phi) is 5.84. The van der Waals surface area contributed by atoms with Crippen molar-refractivity contribution in [2.24, 2.45) is 5.10 Å². The lowest BCUT2D eigenvalue weighted by atomic mass is 10.1. The summed E-state index contributed by atoms with van der Waals surface area (Å²) in [5.74, 6) is 0.253. The van der Waals surface area contributed by atoms with E-state index in [2.05, 4.69) is 10.5 Å². The number of hydrogen-bond donors (Lipinski definition) is 1. The Morgan fingerprint density at radius 1 is 1.20 bits per heavy atom. The Labute approximate surface area is 145 Å². The summed E-state index contributed by atoms with van der Waals surface area (Å²) in [7, 11) is 0. The lowest BCUT2D eigenvalue weighted by Crippen LogP contribution is -2.19. The predicted molar refractivity (Wildman–Crippen MR) is 95.1 cm³/mol. The van der Waals surface area contributed by atoms with Gasteiger partial charge in [-0.05, 0) is 56.7 Å². The number of rotatable bonds is 6. The second-order valence-corrected chi connectivity index (χ2v) is 5.35. The van der Waals surface area contributed by atoms with Gasteiger partial charge in [0.25, 0.3) is 11.6 Å². The molecule has 0 unspecified atom stereocenters. The molecule has 0 aliphatic heterocycles. The Balaban J connectivity index is 2.11. The fourth-order valence-corrected chi connectivity index (χ4v) is 2.17. The van der Waals surface area contributed by atoms with Crippen LogP contribution in [-0.4, -0.2) is 23.1 Å². The first-order valence-corrected chi connectivity index (χ1v) is 7.75. The molecule has 0 spiro atoms. The molecule has 2 aromatic carbocycles. The fraction of sp³-hybridized carbons (Fsp3) is 0.222. The van der Waals surface area contributed by atoms with Crippen molar-refractivity contribution in [2.45, 2.75) is 20.8 Å². The molecule has 25 heavy (non-hydrogen) atoms. The molecule has 0 bridgehead atoms. The highest BCUT2D eigenvalue weighted by Gasteiger charge is 2.14. The number of nitrogens with one attached hydrogen (secondary N) is 1. The van der Waals surface area contributed by atoms with E-state index < -0.39 is 10.8 Å². The van der Waals surface area contributed by atoms with E-state index in [1.165, 1.54) is 18.2 Å². The molecule has 2 aromatic rings. The van der Waals surface area contributed by atoms with Crippen LogP contribution < -0.4 is 10.2 Å². The predicted octanol–water partition coefficient (Wildman–Crippen LogP) is 3.46. The Morgan fingerprint density at radius 3 is 2.44 bits per heavy atom. The van der Waals surface area contributed by atoms with E-state index in [4.69, 9.17) is 4.74 Å². The van der Waals surface area contributed by atoms with Crippen LogP contribution in [0.1, 0.15) is 35.3 Å². The van der Waals surface area contributed by atoms with Gasteiger partial charge in [0.05, 0.1) is 17.2 Å². The molecule has 0 aromatic heterocycles. The minimum absolute atomic E-state index is 0.0973.